The Balaban J connectivity index is 1.62. The van der Waals surface area contributed by atoms with E-state index in [1.165, 1.54) is 12.8 Å². The molecule has 1 aliphatic rings. The molecule has 1 aliphatic carbocycles. The van der Waals surface area contributed by atoms with Crippen LogP contribution in [0.4, 0.5) is 5.69 Å². The second-order valence-electron chi connectivity index (χ2n) is 6.19. The number of anilines is 1. The van der Waals surface area contributed by atoms with Crippen LogP contribution in [0.25, 0.3) is 0 Å². The highest BCUT2D eigenvalue weighted by Crippen LogP contribution is 2.25. The molecule has 0 heterocycles. The van der Waals surface area contributed by atoms with Crippen LogP contribution in [-0.2, 0) is 0 Å². The van der Waals surface area contributed by atoms with E-state index in [1.54, 1.807) is 13.2 Å². The average molecular weight is 325 g/mol. The van der Waals surface area contributed by atoms with Gasteiger partial charge in [0, 0.05) is 11.3 Å². The van der Waals surface area contributed by atoms with Crippen LogP contribution in [0.2, 0.25) is 0 Å². The van der Waals surface area contributed by atoms with Crippen molar-refractivity contribution in [3.63, 3.8) is 0 Å². The molecule has 1 amide bonds. The zero-order valence-electron chi connectivity index (χ0n) is 14.2. The maximum atomic E-state index is 12.3. The predicted molar refractivity (Wildman–Crippen MR) is 95.0 cm³/mol. The second-order valence-corrected chi connectivity index (χ2v) is 6.19. The molecule has 0 radical (unpaired) electrons. The van der Waals surface area contributed by atoms with E-state index in [2.05, 4.69) is 5.32 Å². The van der Waals surface area contributed by atoms with Crippen molar-refractivity contribution in [2.45, 2.75) is 38.7 Å². The molecule has 0 unspecified atom stereocenters. The van der Waals surface area contributed by atoms with Gasteiger partial charge in [0.2, 0.25) is 0 Å². The predicted octanol–water partition coefficient (Wildman–Crippen LogP) is 4.58. The van der Waals surface area contributed by atoms with Gasteiger partial charge in [-0.05, 0) is 80.6 Å². The van der Waals surface area contributed by atoms with Gasteiger partial charge < -0.3 is 14.8 Å². The maximum Gasteiger partial charge on any atom is 0.255 e. The fraction of sp³-hybridized carbons (Fsp3) is 0.350. The van der Waals surface area contributed by atoms with E-state index < -0.39 is 0 Å². The van der Waals surface area contributed by atoms with E-state index in [0.717, 1.165) is 35.6 Å². The Kier molecular flexibility index (Phi) is 5.04. The van der Waals surface area contributed by atoms with E-state index in [1.807, 2.05) is 43.3 Å². The van der Waals surface area contributed by atoms with Gasteiger partial charge >= 0.3 is 0 Å². The lowest BCUT2D eigenvalue weighted by molar-refractivity contribution is 0.102. The largest absolute Gasteiger partial charge is 0.496 e. The molecule has 1 saturated carbocycles. The second kappa shape index (κ2) is 7.39. The normalized spacial score (nSPS) is 14.4. The highest BCUT2D eigenvalue weighted by atomic mass is 16.5. The highest BCUT2D eigenvalue weighted by molar-refractivity contribution is 6.04. The minimum atomic E-state index is -0.134. The van der Waals surface area contributed by atoms with Gasteiger partial charge in [-0.2, -0.15) is 0 Å². The molecule has 4 heteroatoms. The minimum Gasteiger partial charge on any atom is -0.496 e. The molecule has 1 fully saturated rings. The van der Waals surface area contributed by atoms with Crippen LogP contribution in [0.1, 0.15) is 41.6 Å². The van der Waals surface area contributed by atoms with Crippen LogP contribution in [0.3, 0.4) is 0 Å². The van der Waals surface area contributed by atoms with Crippen molar-refractivity contribution in [2.24, 2.45) is 0 Å². The third kappa shape index (κ3) is 3.88. The van der Waals surface area contributed by atoms with Crippen LogP contribution >= 0.6 is 0 Å². The maximum absolute atomic E-state index is 12.3. The smallest absolute Gasteiger partial charge is 0.255 e. The lowest BCUT2D eigenvalue weighted by Gasteiger charge is -2.13. The summed E-state index contributed by atoms with van der Waals surface area (Å²) in [5.74, 6) is 1.50. The number of methoxy groups -OCH3 is 1. The van der Waals surface area contributed by atoms with E-state index in [4.69, 9.17) is 9.47 Å². The summed E-state index contributed by atoms with van der Waals surface area (Å²) >= 11 is 0. The SMILES string of the molecule is COc1ccc(C(=O)Nc2ccc(OC3CCCC3)cc2)cc1C. The molecular weight excluding hydrogens is 302 g/mol. The topological polar surface area (TPSA) is 47.6 Å². The van der Waals surface area contributed by atoms with Crippen LogP contribution in [0, 0.1) is 6.92 Å². The average Bonchev–Trinajstić information content (AvgIpc) is 3.09. The number of nitrogens with one attached hydrogen (secondary N) is 1. The lowest BCUT2D eigenvalue weighted by atomic mass is 10.1. The molecule has 0 saturated heterocycles. The van der Waals surface area contributed by atoms with Crippen molar-refractivity contribution in [3.05, 3.63) is 53.6 Å². The first-order valence-electron chi connectivity index (χ1n) is 8.38. The highest BCUT2D eigenvalue weighted by Gasteiger charge is 2.16. The summed E-state index contributed by atoms with van der Waals surface area (Å²) in [4.78, 5) is 12.3. The Hall–Kier alpha value is -2.49. The third-order valence-electron chi connectivity index (χ3n) is 4.37. The third-order valence-corrected chi connectivity index (χ3v) is 4.37. The Morgan fingerprint density at radius 1 is 1.08 bits per heavy atom. The van der Waals surface area contributed by atoms with Crippen molar-refractivity contribution in [1.82, 2.24) is 0 Å². The zero-order chi connectivity index (χ0) is 16.9. The number of hydrogen-bond acceptors (Lipinski definition) is 3. The molecular formula is C20H23NO3. The summed E-state index contributed by atoms with van der Waals surface area (Å²) in [5, 5.41) is 2.91. The molecule has 0 aliphatic heterocycles. The molecule has 4 nitrogen and oxygen atoms in total. The number of amides is 1. The summed E-state index contributed by atoms with van der Waals surface area (Å²) < 4.78 is 11.2. The molecule has 0 bridgehead atoms. The van der Waals surface area contributed by atoms with Crippen molar-refractivity contribution in [3.8, 4) is 11.5 Å². The standard InChI is InChI=1S/C20H23NO3/c1-14-13-15(7-12-19(14)23-2)20(22)21-16-8-10-18(11-9-16)24-17-5-3-4-6-17/h7-13,17H,3-6H2,1-2H3,(H,21,22). The van der Waals surface area contributed by atoms with Crippen molar-refractivity contribution < 1.29 is 14.3 Å². The molecule has 126 valence electrons. The molecule has 0 atom stereocenters. The minimum absolute atomic E-state index is 0.134. The van der Waals surface area contributed by atoms with Gasteiger partial charge in [0.15, 0.2) is 0 Å². The number of benzene rings is 2. The Morgan fingerprint density at radius 2 is 1.79 bits per heavy atom. The lowest BCUT2D eigenvalue weighted by Crippen LogP contribution is -2.13. The van der Waals surface area contributed by atoms with Crippen molar-refractivity contribution in [2.75, 3.05) is 12.4 Å². The molecule has 24 heavy (non-hydrogen) atoms. The Morgan fingerprint density at radius 3 is 2.42 bits per heavy atom. The van der Waals surface area contributed by atoms with Crippen LogP contribution in [-0.4, -0.2) is 19.1 Å². The Labute approximate surface area is 142 Å². The van der Waals surface area contributed by atoms with Gasteiger partial charge in [-0.25, -0.2) is 0 Å². The first kappa shape index (κ1) is 16.4. The van der Waals surface area contributed by atoms with Crippen molar-refractivity contribution in [1.29, 1.82) is 0 Å². The number of ether oxygens (including phenoxy) is 2. The summed E-state index contributed by atoms with van der Waals surface area (Å²) in [6, 6.07) is 13.0. The van der Waals surface area contributed by atoms with Gasteiger partial charge in [-0.15, -0.1) is 0 Å². The van der Waals surface area contributed by atoms with E-state index in [-0.39, 0.29) is 5.91 Å². The summed E-state index contributed by atoms with van der Waals surface area (Å²) in [7, 11) is 1.62. The summed E-state index contributed by atoms with van der Waals surface area (Å²) in [6.45, 7) is 1.92. The van der Waals surface area contributed by atoms with Gasteiger partial charge in [-0.3, -0.25) is 4.79 Å². The quantitative estimate of drug-likeness (QED) is 0.875. The summed E-state index contributed by atoms with van der Waals surface area (Å²) in [5.41, 5.74) is 2.30. The van der Waals surface area contributed by atoms with Crippen molar-refractivity contribution >= 4 is 11.6 Å². The molecule has 3 rings (SSSR count). The molecule has 0 aromatic heterocycles. The number of rotatable bonds is 5. The number of carbonyl (C=O) groups is 1. The van der Waals surface area contributed by atoms with Gasteiger partial charge in [0.05, 0.1) is 13.2 Å². The fourth-order valence-corrected chi connectivity index (χ4v) is 3.04. The van der Waals surface area contributed by atoms with E-state index in [9.17, 15) is 4.79 Å². The molecule has 1 N–H and O–H groups in total. The van der Waals surface area contributed by atoms with Crippen LogP contribution in [0.15, 0.2) is 42.5 Å². The number of carbonyl (C=O) groups excluding carboxylic acids is 1. The number of aryl methyl sites for hydroxylation is 1. The first-order valence-corrected chi connectivity index (χ1v) is 8.38. The van der Waals surface area contributed by atoms with E-state index >= 15 is 0 Å². The molecule has 2 aromatic carbocycles. The Bertz CT molecular complexity index is 703. The van der Waals surface area contributed by atoms with Gasteiger partial charge in [0.25, 0.3) is 5.91 Å². The van der Waals surface area contributed by atoms with Gasteiger partial charge in [0.1, 0.15) is 11.5 Å². The van der Waals surface area contributed by atoms with E-state index in [0.29, 0.717) is 11.7 Å². The summed E-state index contributed by atoms with van der Waals surface area (Å²) in [6.07, 6.45) is 5.11. The molecule has 0 spiro atoms. The molecule has 2 aromatic rings. The van der Waals surface area contributed by atoms with Crippen LogP contribution < -0.4 is 14.8 Å². The fourth-order valence-electron chi connectivity index (χ4n) is 3.04. The van der Waals surface area contributed by atoms with Crippen LogP contribution in [0.5, 0.6) is 11.5 Å². The zero-order valence-corrected chi connectivity index (χ0v) is 14.2. The van der Waals surface area contributed by atoms with Gasteiger partial charge in [-0.1, -0.05) is 0 Å². The first-order chi connectivity index (χ1) is 11.7. The monoisotopic (exact) mass is 325 g/mol. The number of hydrogen-bond donors (Lipinski definition) is 1.